The van der Waals surface area contributed by atoms with E-state index in [4.69, 9.17) is 4.74 Å². The van der Waals surface area contributed by atoms with Crippen LogP contribution in [0, 0.1) is 3.57 Å². The number of hydrogen-bond donors (Lipinski definition) is 1. The molecule has 0 aromatic heterocycles. The van der Waals surface area contributed by atoms with Crippen molar-refractivity contribution < 1.29 is 9.53 Å². The SMILES string of the molecule is CCc1ccc(OCCCC(=O)Nc2ccc(I)cc2)c(Br)c1. The maximum Gasteiger partial charge on any atom is 0.224 e. The van der Waals surface area contributed by atoms with Crippen molar-refractivity contribution in [2.24, 2.45) is 0 Å². The molecule has 0 saturated carbocycles. The molecule has 0 fully saturated rings. The highest BCUT2D eigenvalue weighted by atomic mass is 127. The lowest BCUT2D eigenvalue weighted by Crippen LogP contribution is -2.12. The molecule has 0 atom stereocenters. The number of ether oxygens (including phenoxy) is 1. The van der Waals surface area contributed by atoms with E-state index < -0.39 is 0 Å². The summed E-state index contributed by atoms with van der Waals surface area (Å²) in [7, 11) is 0. The summed E-state index contributed by atoms with van der Waals surface area (Å²) < 4.78 is 7.83. The third kappa shape index (κ3) is 6.14. The largest absolute Gasteiger partial charge is 0.492 e. The number of carbonyl (C=O) groups is 1. The molecule has 0 unspecified atom stereocenters. The second kappa shape index (κ2) is 9.27. The fourth-order valence-electron chi connectivity index (χ4n) is 2.05. The Morgan fingerprint density at radius 1 is 1.22 bits per heavy atom. The van der Waals surface area contributed by atoms with Crippen molar-refractivity contribution >= 4 is 50.1 Å². The Morgan fingerprint density at radius 3 is 2.61 bits per heavy atom. The Labute approximate surface area is 159 Å². The Balaban J connectivity index is 1.72. The van der Waals surface area contributed by atoms with Crippen LogP contribution in [0.4, 0.5) is 5.69 Å². The van der Waals surface area contributed by atoms with Gasteiger partial charge in [0.05, 0.1) is 11.1 Å². The summed E-state index contributed by atoms with van der Waals surface area (Å²) in [5.41, 5.74) is 2.09. The summed E-state index contributed by atoms with van der Waals surface area (Å²) in [5.74, 6) is 0.829. The lowest BCUT2D eigenvalue weighted by molar-refractivity contribution is -0.116. The van der Waals surface area contributed by atoms with E-state index in [0.29, 0.717) is 19.4 Å². The molecule has 2 rings (SSSR count). The van der Waals surface area contributed by atoms with E-state index in [9.17, 15) is 4.79 Å². The minimum absolute atomic E-state index is 0.00945. The highest BCUT2D eigenvalue weighted by molar-refractivity contribution is 14.1. The van der Waals surface area contributed by atoms with Crippen molar-refractivity contribution in [1.82, 2.24) is 0 Å². The number of benzene rings is 2. The summed E-state index contributed by atoms with van der Waals surface area (Å²) in [6.07, 6.45) is 2.12. The fraction of sp³-hybridized carbons (Fsp3) is 0.278. The number of nitrogens with one attached hydrogen (secondary N) is 1. The number of hydrogen-bond acceptors (Lipinski definition) is 2. The van der Waals surface area contributed by atoms with Gasteiger partial charge in [0.1, 0.15) is 5.75 Å². The second-order valence-corrected chi connectivity index (χ2v) is 7.23. The van der Waals surface area contributed by atoms with Gasteiger partial charge in [-0.05, 0) is 93.3 Å². The quantitative estimate of drug-likeness (QED) is 0.418. The number of halogens is 2. The molecule has 5 heteroatoms. The van der Waals surface area contributed by atoms with E-state index in [1.807, 2.05) is 30.3 Å². The summed E-state index contributed by atoms with van der Waals surface area (Å²) in [4.78, 5) is 11.9. The van der Waals surface area contributed by atoms with Crippen molar-refractivity contribution in [3.05, 3.63) is 56.1 Å². The van der Waals surface area contributed by atoms with Crippen LogP contribution in [-0.4, -0.2) is 12.5 Å². The minimum atomic E-state index is 0.00945. The van der Waals surface area contributed by atoms with Gasteiger partial charge in [-0.25, -0.2) is 0 Å². The smallest absolute Gasteiger partial charge is 0.224 e. The second-order valence-electron chi connectivity index (χ2n) is 5.13. The molecular formula is C18H19BrINO2. The third-order valence-corrected chi connectivity index (χ3v) is 4.68. The van der Waals surface area contributed by atoms with Gasteiger partial charge in [-0.1, -0.05) is 13.0 Å². The molecule has 0 bridgehead atoms. The number of aryl methyl sites for hydroxylation is 1. The van der Waals surface area contributed by atoms with Gasteiger partial charge >= 0.3 is 0 Å². The van der Waals surface area contributed by atoms with Crippen molar-refractivity contribution in [2.75, 3.05) is 11.9 Å². The molecule has 1 amide bonds. The van der Waals surface area contributed by atoms with Crippen LogP contribution >= 0.6 is 38.5 Å². The van der Waals surface area contributed by atoms with Crippen LogP contribution in [0.15, 0.2) is 46.9 Å². The number of rotatable bonds is 7. The standard InChI is InChI=1S/C18H19BrINO2/c1-2-13-5-10-17(16(19)12-13)23-11-3-4-18(22)21-15-8-6-14(20)7-9-15/h5-10,12H,2-4,11H2,1H3,(H,21,22). The van der Waals surface area contributed by atoms with E-state index in [-0.39, 0.29) is 5.91 Å². The fourth-order valence-corrected chi connectivity index (χ4v) is 2.95. The number of amides is 1. The van der Waals surface area contributed by atoms with Gasteiger partial charge in [-0.15, -0.1) is 0 Å². The number of carbonyl (C=O) groups excluding carboxylic acids is 1. The molecular weight excluding hydrogens is 469 g/mol. The molecule has 1 N–H and O–H groups in total. The first kappa shape index (κ1) is 18.3. The monoisotopic (exact) mass is 487 g/mol. The first-order valence-electron chi connectivity index (χ1n) is 7.55. The highest BCUT2D eigenvalue weighted by Crippen LogP contribution is 2.26. The van der Waals surface area contributed by atoms with Crippen LogP contribution in [0.5, 0.6) is 5.75 Å². The van der Waals surface area contributed by atoms with Gasteiger partial charge in [-0.2, -0.15) is 0 Å². The van der Waals surface area contributed by atoms with Crippen molar-refractivity contribution in [1.29, 1.82) is 0 Å². The summed E-state index contributed by atoms with van der Waals surface area (Å²) in [6.45, 7) is 2.64. The molecule has 0 saturated heterocycles. The average molecular weight is 488 g/mol. The lowest BCUT2D eigenvalue weighted by Gasteiger charge is -2.09. The van der Waals surface area contributed by atoms with Gasteiger partial charge < -0.3 is 10.1 Å². The molecule has 23 heavy (non-hydrogen) atoms. The predicted molar refractivity (Wildman–Crippen MR) is 106 cm³/mol. The van der Waals surface area contributed by atoms with Gasteiger partial charge in [0.25, 0.3) is 0 Å². The molecule has 2 aromatic carbocycles. The first-order chi connectivity index (χ1) is 11.1. The van der Waals surface area contributed by atoms with Gasteiger partial charge in [0.2, 0.25) is 5.91 Å². The van der Waals surface area contributed by atoms with E-state index in [1.54, 1.807) is 0 Å². The van der Waals surface area contributed by atoms with Gasteiger partial charge in [0.15, 0.2) is 0 Å². The maximum absolute atomic E-state index is 11.9. The molecule has 3 nitrogen and oxygen atoms in total. The Kier molecular flexibility index (Phi) is 7.36. The summed E-state index contributed by atoms with van der Waals surface area (Å²) in [6, 6.07) is 13.8. The highest BCUT2D eigenvalue weighted by Gasteiger charge is 2.05. The van der Waals surface area contributed by atoms with Crippen LogP contribution in [0.3, 0.4) is 0 Å². The van der Waals surface area contributed by atoms with Crippen LogP contribution in [0.1, 0.15) is 25.3 Å². The van der Waals surface area contributed by atoms with E-state index in [1.165, 1.54) is 5.56 Å². The lowest BCUT2D eigenvalue weighted by atomic mass is 10.2. The van der Waals surface area contributed by atoms with Crippen LogP contribution in [-0.2, 0) is 11.2 Å². The molecule has 0 aliphatic carbocycles. The molecule has 122 valence electrons. The Morgan fingerprint density at radius 2 is 1.96 bits per heavy atom. The van der Waals surface area contributed by atoms with E-state index in [0.717, 1.165) is 25.9 Å². The Hall–Kier alpha value is -1.08. The van der Waals surface area contributed by atoms with Gasteiger partial charge in [0, 0.05) is 15.7 Å². The normalized spacial score (nSPS) is 10.4. The minimum Gasteiger partial charge on any atom is -0.492 e. The Bertz CT molecular complexity index is 659. The van der Waals surface area contributed by atoms with E-state index >= 15 is 0 Å². The van der Waals surface area contributed by atoms with Crippen molar-refractivity contribution in [2.45, 2.75) is 26.2 Å². The first-order valence-corrected chi connectivity index (χ1v) is 9.42. The average Bonchev–Trinajstić information content (AvgIpc) is 2.55. The zero-order valence-electron chi connectivity index (χ0n) is 12.9. The predicted octanol–water partition coefficient (Wildman–Crippen LogP) is 5.41. The maximum atomic E-state index is 11.9. The zero-order chi connectivity index (χ0) is 16.7. The van der Waals surface area contributed by atoms with Crippen LogP contribution in [0.25, 0.3) is 0 Å². The van der Waals surface area contributed by atoms with Crippen molar-refractivity contribution in [3.63, 3.8) is 0 Å². The van der Waals surface area contributed by atoms with E-state index in [2.05, 4.69) is 62.9 Å². The van der Waals surface area contributed by atoms with Crippen LogP contribution < -0.4 is 10.1 Å². The number of anilines is 1. The molecule has 0 aliphatic rings. The zero-order valence-corrected chi connectivity index (χ0v) is 16.7. The molecule has 2 aromatic rings. The summed E-state index contributed by atoms with van der Waals surface area (Å²) in [5, 5.41) is 2.89. The summed E-state index contributed by atoms with van der Waals surface area (Å²) >= 11 is 5.75. The van der Waals surface area contributed by atoms with Crippen molar-refractivity contribution in [3.8, 4) is 5.75 Å². The molecule has 0 aliphatic heterocycles. The van der Waals surface area contributed by atoms with Crippen LogP contribution in [0.2, 0.25) is 0 Å². The topological polar surface area (TPSA) is 38.3 Å². The van der Waals surface area contributed by atoms with Gasteiger partial charge in [-0.3, -0.25) is 4.79 Å². The molecule has 0 heterocycles. The molecule has 0 spiro atoms. The molecule has 0 radical (unpaired) electrons. The third-order valence-electron chi connectivity index (χ3n) is 3.34.